The molecule has 3 nitrogen and oxygen atoms in total. The van der Waals surface area contributed by atoms with Crippen molar-refractivity contribution in [1.82, 2.24) is 5.32 Å². The Morgan fingerprint density at radius 3 is 2.23 bits per heavy atom. The molecule has 0 amide bonds. The average Bonchev–Trinajstić information content (AvgIpc) is 2.69. The number of carbonyl (C=O) groups is 1. The number of ketones is 1. The largest absolute Gasteiger partial charge is 0.497 e. The van der Waals surface area contributed by atoms with Crippen molar-refractivity contribution in [2.75, 3.05) is 7.11 Å². The molecule has 0 aliphatic heterocycles. The van der Waals surface area contributed by atoms with Crippen molar-refractivity contribution in [3.63, 3.8) is 0 Å². The summed E-state index contributed by atoms with van der Waals surface area (Å²) in [5.41, 5.74) is 2.21. The van der Waals surface area contributed by atoms with Crippen LogP contribution in [0, 0.1) is 5.82 Å². The van der Waals surface area contributed by atoms with Crippen LogP contribution in [0.1, 0.15) is 48.0 Å². The molecule has 136 valence electrons. The minimum atomic E-state index is -0.346. The summed E-state index contributed by atoms with van der Waals surface area (Å²) in [4.78, 5) is 12.6. The Balaban J connectivity index is 1.87. The van der Waals surface area contributed by atoms with E-state index in [2.05, 4.69) is 5.32 Å². The van der Waals surface area contributed by atoms with Crippen LogP contribution in [0.15, 0.2) is 54.6 Å². The molecule has 0 unspecified atom stereocenters. The first kappa shape index (κ1) is 18.2. The number of carbonyl (C=O) groups excluding carboxylic acids is 1. The fourth-order valence-electron chi connectivity index (χ4n) is 3.27. The Kier molecular flexibility index (Phi) is 6.05. The van der Waals surface area contributed by atoms with Gasteiger partial charge in [0.05, 0.1) is 7.11 Å². The number of methoxy groups -OCH3 is 1. The standard InChI is InChI=1S/C22H24FNO2/c1-26-20-13-9-16(10-14-20)21(24-19-5-3-2-4-6-19)15-22(25)17-7-11-18(23)12-8-17/h7-15,19,24H,2-6H2,1H3/b21-15-. The number of rotatable bonds is 6. The number of allylic oxidation sites excluding steroid dienone is 1. The number of halogens is 1. The number of benzene rings is 2. The zero-order valence-corrected chi connectivity index (χ0v) is 15.0. The maximum Gasteiger partial charge on any atom is 0.187 e. The molecule has 0 aromatic heterocycles. The minimum absolute atomic E-state index is 0.140. The molecule has 1 N–H and O–H groups in total. The van der Waals surface area contributed by atoms with Gasteiger partial charge < -0.3 is 10.1 Å². The lowest BCUT2D eigenvalue weighted by molar-refractivity contribution is 0.104. The number of ether oxygens (including phenoxy) is 1. The van der Waals surface area contributed by atoms with Crippen LogP contribution in [0.5, 0.6) is 5.75 Å². The first-order chi connectivity index (χ1) is 12.7. The third-order valence-corrected chi connectivity index (χ3v) is 4.77. The van der Waals surface area contributed by atoms with Gasteiger partial charge in [-0.1, -0.05) is 19.3 Å². The first-order valence-corrected chi connectivity index (χ1v) is 9.08. The molecule has 0 atom stereocenters. The average molecular weight is 353 g/mol. The molecule has 1 aliphatic rings. The van der Waals surface area contributed by atoms with E-state index in [-0.39, 0.29) is 11.6 Å². The van der Waals surface area contributed by atoms with Gasteiger partial charge in [-0.05, 0) is 66.9 Å². The van der Waals surface area contributed by atoms with E-state index in [1.807, 2.05) is 24.3 Å². The van der Waals surface area contributed by atoms with Crippen LogP contribution >= 0.6 is 0 Å². The maximum absolute atomic E-state index is 13.1. The predicted octanol–water partition coefficient (Wildman–Crippen LogP) is 4.98. The maximum atomic E-state index is 13.1. The first-order valence-electron chi connectivity index (χ1n) is 9.08. The van der Waals surface area contributed by atoms with E-state index >= 15 is 0 Å². The highest BCUT2D eigenvalue weighted by atomic mass is 19.1. The summed E-state index contributed by atoms with van der Waals surface area (Å²) in [6, 6.07) is 13.7. The fourth-order valence-corrected chi connectivity index (χ4v) is 3.27. The summed E-state index contributed by atoms with van der Waals surface area (Å²) in [6.07, 6.45) is 7.52. The van der Waals surface area contributed by atoms with Crippen LogP contribution in [-0.4, -0.2) is 18.9 Å². The quantitative estimate of drug-likeness (QED) is 0.588. The van der Waals surface area contributed by atoms with E-state index in [1.165, 1.54) is 43.5 Å². The highest BCUT2D eigenvalue weighted by molar-refractivity contribution is 6.08. The molecular formula is C22H24FNO2. The highest BCUT2D eigenvalue weighted by Crippen LogP contribution is 2.23. The van der Waals surface area contributed by atoms with Crippen LogP contribution in [-0.2, 0) is 0 Å². The van der Waals surface area contributed by atoms with Crippen LogP contribution in [0.3, 0.4) is 0 Å². The lowest BCUT2D eigenvalue weighted by Gasteiger charge is -2.25. The molecule has 3 rings (SSSR count). The molecule has 1 aliphatic carbocycles. The summed E-state index contributed by atoms with van der Waals surface area (Å²) in [6.45, 7) is 0. The molecule has 1 saturated carbocycles. The molecular weight excluding hydrogens is 329 g/mol. The highest BCUT2D eigenvalue weighted by Gasteiger charge is 2.16. The van der Waals surface area contributed by atoms with Gasteiger partial charge in [-0.25, -0.2) is 4.39 Å². The van der Waals surface area contributed by atoms with E-state index in [0.29, 0.717) is 11.6 Å². The van der Waals surface area contributed by atoms with Gasteiger partial charge in [-0.2, -0.15) is 0 Å². The Hall–Kier alpha value is -2.62. The molecule has 2 aromatic rings. The summed E-state index contributed by atoms with van der Waals surface area (Å²) < 4.78 is 18.3. The predicted molar refractivity (Wildman–Crippen MR) is 102 cm³/mol. The monoisotopic (exact) mass is 353 g/mol. The fraction of sp³-hybridized carbons (Fsp3) is 0.318. The summed E-state index contributed by atoms with van der Waals surface area (Å²) in [5.74, 6) is 0.288. The summed E-state index contributed by atoms with van der Waals surface area (Å²) in [7, 11) is 1.63. The smallest absolute Gasteiger partial charge is 0.187 e. The topological polar surface area (TPSA) is 38.3 Å². The van der Waals surface area contributed by atoms with Gasteiger partial charge in [0.25, 0.3) is 0 Å². The van der Waals surface area contributed by atoms with Gasteiger partial charge in [-0.3, -0.25) is 4.79 Å². The lowest BCUT2D eigenvalue weighted by atomic mass is 9.94. The second-order valence-corrected chi connectivity index (χ2v) is 6.64. The van der Waals surface area contributed by atoms with Crippen molar-refractivity contribution in [3.05, 3.63) is 71.6 Å². The van der Waals surface area contributed by atoms with Crippen molar-refractivity contribution in [2.45, 2.75) is 38.1 Å². The number of nitrogens with one attached hydrogen (secondary N) is 1. The van der Waals surface area contributed by atoms with Crippen LogP contribution in [0.25, 0.3) is 5.70 Å². The van der Waals surface area contributed by atoms with Gasteiger partial charge in [-0.15, -0.1) is 0 Å². The zero-order chi connectivity index (χ0) is 18.4. The van der Waals surface area contributed by atoms with E-state index in [9.17, 15) is 9.18 Å². The zero-order valence-electron chi connectivity index (χ0n) is 15.0. The van der Waals surface area contributed by atoms with E-state index < -0.39 is 0 Å². The van der Waals surface area contributed by atoms with Crippen molar-refractivity contribution >= 4 is 11.5 Å². The van der Waals surface area contributed by atoms with Crippen LogP contribution in [0.2, 0.25) is 0 Å². The Labute approximate surface area is 153 Å². The van der Waals surface area contributed by atoms with E-state index in [1.54, 1.807) is 13.2 Å². The summed E-state index contributed by atoms with van der Waals surface area (Å²) in [5, 5.41) is 3.55. The molecule has 0 radical (unpaired) electrons. The van der Waals surface area contributed by atoms with Gasteiger partial charge in [0.2, 0.25) is 0 Å². The molecule has 26 heavy (non-hydrogen) atoms. The molecule has 0 heterocycles. The molecule has 4 heteroatoms. The third-order valence-electron chi connectivity index (χ3n) is 4.77. The van der Waals surface area contributed by atoms with Crippen molar-refractivity contribution in [1.29, 1.82) is 0 Å². The van der Waals surface area contributed by atoms with Gasteiger partial charge >= 0.3 is 0 Å². The lowest BCUT2D eigenvalue weighted by Crippen LogP contribution is -2.30. The second kappa shape index (κ2) is 8.65. The number of hydrogen-bond donors (Lipinski definition) is 1. The van der Waals surface area contributed by atoms with Crippen molar-refractivity contribution in [2.24, 2.45) is 0 Å². The molecule has 0 bridgehead atoms. The van der Waals surface area contributed by atoms with Gasteiger partial charge in [0.1, 0.15) is 11.6 Å². The Morgan fingerprint density at radius 1 is 1.00 bits per heavy atom. The Morgan fingerprint density at radius 2 is 1.62 bits per heavy atom. The number of hydrogen-bond acceptors (Lipinski definition) is 3. The SMILES string of the molecule is COc1ccc(/C(=C/C(=O)c2ccc(F)cc2)NC2CCCCC2)cc1. The van der Waals surface area contributed by atoms with Gasteiger partial charge in [0.15, 0.2) is 5.78 Å². The minimum Gasteiger partial charge on any atom is -0.497 e. The summed E-state index contributed by atoms with van der Waals surface area (Å²) >= 11 is 0. The molecule has 0 saturated heterocycles. The van der Waals surface area contributed by atoms with E-state index in [0.717, 1.165) is 29.9 Å². The van der Waals surface area contributed by atoms with E-state index in [4.69, 9.17) is 4.74 Å². The third kappa shape index (κ3) is 4.72. The normalized spacial score (nSPS) is 15.5. The van der Waals surface area contributed by atoms with Crippen molar-refractivity contribution in [3.8, 4) is 5.75 Å². The van der Waals surface area contributed by atoms with Gasteiger partial charge in [0, 0.05) is 23.4 Å². The molecule has 2 aromatic carbocycles. The second-order valence-electron chi connectivity index (χ2n) is 6.64. The van der Waals surface area contributed by atoms with Crippen LogP contribution in [0.4, 0.5) is 4.39 Å². The Bertz CT molecular complexity index is 760. The molecule has 1 fully saturated rings. The molecule has 0 spiro atoms. The van der Waals surface area contributed by atoms with Crippen LogP contribution < -0.4 is 10.1 Å². The van der Waals surface area contributed by atoms with Crippen molar-refractivity contribution < 1.29 is 13.9 Å².